The van der Waals surface area contributed by atoms with E-state index in [9.17, 15) is 9.59 Å². The van der Waals surface area contributed by atoms with Crippen molar-refractivity contribution < 1.29 is 9.59 Å². The topological polar surface area (TPSA) is 52.7 Å². The van der Waals surface area contributed by atoms with Crippen LogP contribution < -0.4 is 10.2 Å². The molecule has 2 amide bonds. The van der Waals surface area contributed by atoms with Crippen LogP contribution in [0.5, 0.6) is 0 Å². The summed E-state index contributed by atoms with van der Waals surface area (Å²) in [5.74, 6) is 0.0267. The third kappa shape index (κ3) is 5.13. The van der Waals surface area contributed by atoms with Crippen LogP contribution in [0, 0.1) is 0 Å². The van der Waals surface area contributed by atoms with Gasteiger partial charge >= 0.3 is 0 Å². The normalized spacial score (nSPS) is 15.7. The lowest BCUT2D eigenvalue weighted by atomic mass is 10.0. The number of hydrogen-bond donors (Lipinski definition) is 1. The monoisotopic (exact) mass is 315 g/mol. The Morgan fingerprint density at radius 3 is 2.30 bits per heavy atom. The quantitative estimate of drug-likeness (QED) is 0.863. The van der Waals surface area contributed by atoms with Crippen molar-refractivity contribution in [1.29, 1.82) is 0 Å². The Kier molecular flexibility index (Phi) is 5.79. The SMILES string of the molecule is CC(=O)N1CCC(NC(=O)C=Cc2ccc(N(C)C)cc2)CC1. The second-order valence-corrected chi connectivity index (χ2v) is 6.11. The molecule has 0 aliphatic carbocycles. The Hall–Kier alpha value is -2.30. The first-order chi connectivity index (χ1) is 11.0. The van der Waals surface area contributed by atoms with Gasteiger partial charge in [0.1, 0.15) is 0 Å². The van der Waals surface area contributed by atoms with Crippen LogP contribution in [0.15, 0.2) is 30.3 Å². The average Bonchev–Trinajstić information content (AvgIpc) is 2.54. The van der Waals surface area contributed by atoms with Crippen LogP contribution in [-0.4, -0.2) is 49.9 Å². The van der Waals surface area contributed by atoms with E-state index in [0.717, 1.165) is 37.2 Å². The van der Waals surface area contributed by atoms with Gasteiger partial charge in [0.15, 0.2) is 0 Å². The van der Waals surface area contributed by atoms with E-state index in [1.807, 2.05) is 54.2 Å². The van der Waals surface area contributed by atoms with Crippen molar-refractivity contribution in [3.8, 4) is 0 Å². The molecule has 1 N–H and O–H groups in total. The summed E-state index contributed by atoms with van der Waals surface area (Å²) in [7, 11) is 3.99. The highest BCUT2D eigenvalue weighted by Gasteiger charge is 2.21. The first-order valence-corrected chi connectivity index (χ1v) is 7.97. The number of piperidine rings is 1. The molecular weight excluding hydrogens is 290 g/mol. The lowest BCUT2D eigenvalue weighted by Crippen LogP contribution is -2.45. The molecule has 23 heavy (non-hydrogen) atoms. The van der Waals surface area contributed by atoms with Crippen molar-refractivity contribution >= 4 is 23.6 Å². The van der Waals surface area contributed by atoms with Gasteiger partial charge in [-0.2, -0.15) is 0 Å². The maximum absolute atomic E-state index is 12.0. The second-order valence-electron chi connectivity index (χ2n) is 6.11. The van der Waals surface area contributed by atoms with Crippen LogP contribution in [-0.2, 0) is 9.59 Å². The third-order valence-electron chi connectivity index (χ3n) is 4.12. The molecule has 1 aromatic rings. The molecule has 0 unspecified atom stereocenters. The Morgan fingerprint density at radius 2 is 1.78 bits per heavy atom. The molecular formula is C18H25N3O2. The Labute approximate surface area is 138 Å². The zero-order chi connectivity index (χ0) is 16.8. The number of nitrogens with one attached hydrogen (secondary N) is 1. The number of carbonyl (C=O) groups excluding carboxylic acids is 2. The Morgan fingerprint density at radius 1 is 1.17 bits per heavy atom. The fourth-order valence-electron chi connectivity index (χ4n) is 2.64. The van der Waals surface area contributed by atoms with E-state index in [-0.39, 0.29) is 17.9 Å². The van der Waals surface area contributed by atoms with E-state index in [4.69, 9.17) is 0 Å². The molecule has 0 spiro atoms. The molecule has 1 heterocycles. The minimum absolute atomic E-state index is 0.0806. The molecule has 0 atom stereocenters. The maximum Gasteiger partial charge on any atom is 0.244 e. The van der Waals surface area contributed by atoms with Gasteiger partial charge in [0.2, 0.25) is 11.8 Å². The number of benzene rings is 1. The first kappa shape index (κ1) is 17.1. The molecule has 0 bridgehead atoms. The Balaban J connectivity index is 1.81. The van der Waals surface area contributed by atoms with E-state index in [0.29, 0.717) is 0 Å². The van der Waals surface area contributed by atoms with E-state index in [1.54, 1.807) is 13.0 Å². The van der Waals surface area contributed by atoms with Crippen molar-refractivity contribution in [2.24, 2.45) is 0 Å². The standard InChI is InChI=1S/C18H25N3O2/c1-14(22)21-12-10-16(11-13-21)19-18(23)9-6-15-4-7-17(8-5-15)20(2)3/h4-9,16H,10-13H2,1-3H3,(H,19,23). The summed E-state index contributed by atoms with van der Waals surface area (Å²) in [5.41, 5.74) is 2.13. The van der Waals surface area contributed by atoms with Crippen LogP contribution in [0.3, 0.4) is 0 Å². The summed E-state index contributed by atoms with van der Waals surface area (Å²) < 4.78 is 0. The lowest BCUT2D eigenvalue weighted by Gasteiger charge is -2.31. The molecule has 5 nitrogen and oxygen atoms in total. The molecule has 1 aromatic carbocycles. The number of anilines is 1. The van der Waals surface area contributed by atoms with Crippen LogP contribution >= 0.6 is 0 Å². The number of likely N-dealkylation sites (tertiary alicyclic amines) is 1. The predicted molar refractivity (Wildman–Crippen MR) is 93.2 cm³/mol. The molecule has 124 valence electrons. The number of amides is 2. The zero-order valence-electron chi connectivity index (χ0n) is 14.1. The summed E-state index contributed by atoms with van der Waals surface area (Å²) in [6.45, 7) is 3.02. The minimum Gasteiger partial charge on any atom is -0.378 e. The largest absolute Gasteiger partial charge is 0.378 e. The van der Waals surface area contributed by atoms with Crippen molar-refractivity contribution in [2.75, 3.05) is 32.1 Å². The summed E-state index contributed by atoms with van der Waals surface area (Å²) in [6, 6.07) is 8.18. The highest BCUT2D eigenvalue weighted by atomic mass is 16.2. The van der Waals surface area contributed by atoms with Gasteiger partial charge in [0, 0.05) is 51.9 Å². The number of nitrogens with zero attached hydrogens (tertiary/aromatic N) is 2. The van der Waals surface area contributed by atoms with Crippen LogP contribution in [0.2, 0.25) is 0 Å². The molecule has 0 radical (unpaired) electrons. The van der Waals surface area contributed by atoms with Crippen molar-refractivity contribution in [1.82, 2.24) is 10.2 Å². The van der Waals surface area contributed by atoms with Crippen molar-refractivity contribution in [3.63, 3.8) is 0 Å². The molecule has 5 heteroatoms. The number of hydrogen-bond acceptors (Lipinski definition) is 3. The zero-order valence-corrected chi connectivity index (χ0v) is 14.1. The minimum atomic E-state index is -0.0806. The highest BCUT2D eigenvalue weighted by Crippen LogP contribution is 2.13. The van der Waals surface area contributed by atoms with Gasteiger partial charge in [-0.25, -0.2) is 0 Å². The van der Waals surface area contributed by atoms with Crippen LogP contribution in [0.25, 0.3) is 6.08 Å². The molecule has 1 aliphatic rings. The van der Waals surface area contributed by atoms with Crippen LogP contribution in [0.1, 0.15) is 25.3 Å². The summed E-state index contributed by atoms with van der Waals surface area (Å²) in [6.07, 6.45) is 5.02. The van der Waals surface area contributed by atoms with Gasteiger partial charge in [-0.3, -0.25) is 9.59 Å². The molecule has 1 saturated heterocycles. The third-order valence-corrected chi connectivity index (χ3v) is 4.12. The van der Waals surface area contributed by atoms with Gasteiger partial charge in [0.25, 0.3) is 0 Å². The smallest absolute Gasteiger partial charge is 0.244 e. The molecule has 2 rings (SSSR count). The molecule has 1 aliphatic heterocycles. The fraction of sp³-hybridized carbons (Fsp3) is 0.444. The number of rotatable bonds is 4. The predicted octanol–water partition coefficient (Wildman–Crippen LogP) is 1.89. The van der Waals surface area contributed by atoms with Gasteiger partial charge in [-0.15, -0.1) is 0 Å². The van der Waals surface area contributed by atoms with Crippen LogP contribution in [0.4, 0.5) is 5.69 Å². The average molecular weight is 315 g/mol. The summed E-state index contributed by atoms with van der Waals surface area (Å²) >= 11 is 0. The highest BCUT2D eigenvalue weighted by molar-refractivity contribution is 5.92. The number of carbonyl (C=O) groups is 2. The molecule has 1 fully saturated rings. The maximum atomic E-state index is 12.0. The van der Waals surface area contributed by atoms with Gasteiger partial charge < -0.3 is 15.1 Å². The van der Waals surface area contributed by atoms with Gasteiger partial charge in [0.05, 0.1) is 0 Å². The lowest BCUT2D eigenvalue weighted by molar-refractivity contribution is -0.129. The first-order valence-electron chi connectivity index (χ1n) is 7.97. The summed E-state index contributed by atoms with van der Waals surface area (Å²) in [4.78, 5) is 27.1. The second kappa shape index (κ2) is 7.81. The van der Waals surface area contributed by atoms with Gasteiger partial charge in [-0.1, -0.05) is 12.1 Å². The van der Waals surface area contributed by atoms with Gasteiger partial charge in [-0.05, 0) is 36.6 Å². The Bertz CT molecular complexity index is 570. The van der Waals surface area contributed by atoms with Crippen molar-refractivity contribution in [3.05, 3.63) is 35.9 Å². The van der Waals surface area contributed by atoms with E-state index in [1.165, 1.54) is 0 Å². The van der Waals surface area contributed by atoms with E-state index >= 15 is 0 Å². The fourth-order valence-corrected chi connectivity index (χ4v) is 2.64. The van der Waals surface area contributed by atoms with E-state index < -0.39 is 0 Å². The van der Waals surface area contributed by atoms with E-state index in [2.05, 4.69) is 5.32 Å². The molecule has 0 saturated carbocycles. The summed E-state index contributed by atoms with van der Waals surface area (Å²) in [5, 5.41) is 3.01. The molecule has 0 aromatic heterocycles. The van der Waals surface area contributed by atoms with Crippen molar-refractivity contribution in [2.45, 2.75) is 25.8 Å².